The Labute approximate surface area is 215 Å². The van der Waals surface area contributed by atoms with E-state index >= 15 is 0 Å². The molecule has 0 saturated carbocycles. The van der Waals surface area contributed by atoms with Gasteiger partial charge in [0, 0.05) is 5.56 Å². The Hall–Kier alpha value is -4.97. The van der Waals surface area contributed by atoms with Gasteiger partial charge in [-0.05, 0) is 45.5 Å². The molecule has 0 atom stereocenters. The van der Waals surface area contributed by atoms with E-state index in [1.807, 2.05) is 66.7 Å². The largest absolute Gasteiger partial charge is 0.480 e. The number of hydrogen-bond donors (Lipinski definition) is 3. The summed E-state index contributed by atoms with van der Waals surface area (Å²) in [6.07, 6.45) is 0. The van der Waals surface area contributed by atoms with Crippen LogP contribution in [-0.2, 0) is 9.59 Å². The van der Waals surface area contributed by atoms with Crippen molar-refractivity contribution in [2.75, 3.05) is 13.1 Å². The maximum absolute atomic E-state index is 12.6. The van der Waals surface area contributed by atoms with Crippen molar-refractivity contribution >= 4 is 28.9 Å². The minimum absolute atomic E-state index is 0.310. The molecule has 0 radical (unpaired) electrons. The molecular weight excluding hydrogens is 464 g/mol. The molecule has 0 unspecified atom stereocenters. The van der Waals surface area contributed by atoms with E-state index in [0.717, 1.165) is 33.4 Å². The Balaban J connectivity index is 1.71. The lowest BCUT2D eigenvalue weighted by atomic mass is 9.85. The molecule has 0 aliphatic carbocycles. The zero-order chi connectivity index (χ0) is 26.0. The summed E-state index contributed by atoms with van der Waals surface area (Å²) in [4.78, 5) is 34.9. The van der Waals surface area contributed by atoms with Crippen LogP contribution in [0.25, 0.3) is 11.1 Å². The van der Waals surface area contributed by atoms with E-state index < -0.39 is 24.3 Å². The lowest BCUT2D eigenvalue weighted by molar-refractivity contribution is -0.137. The molecule has 2 amide bonds. The maximum atomic E-state index is 12.6. The average Bonchev–Trinajstić information content (AvgIpc) is 2.95. The highest BCUT2D eigenvalue weighted by atomic mass is 16.4. The fourth-order valence-corrected chi connectivity index (χ4v) is 4.01. The van der Waals surface area contributed by atoms with Gasteiger partial charge in [0.2, 0.25) is 5.91 Å². The quantitative estimate of drug-likeness (QED) is 0.298. The van der Waals surface area contributed by atoms with Gasteiger partial charge >= 0.3 is 5.97 Å². The molecule has 0 aromatic heterocycles. The molecule has 0 saturated heterocycles. The number of carboxylic acid groups (broad SMARTS) is 1. The third-order valence-electron chi connectivity index (χ3n) is 5.72. The molecule has 184 valence electrons. The second-order valence-electron chi connectivity index (χ2n) is 8.28. The van der Waals surface area contributed by atoms with E-state index in [2.05, 4.69) is 47.0 Å². The van der Waals surface area contributed by atoms with Crippen LogP contribution in [-0.4, -0.2) is 36.0 Å². The van der Waals surface area contributed by atoms with Crippen LogP contribution in [0.1, 0.15) is 32.6 Å². The molecular formula is C31H26N2O4. The van der Waals surface area contributed by atoms with Crippen LogP contribution in [0.4, 0.5) is 0 Å². The first-order valence-corrected chi connectivity index (χ1v) is 11.8. The number of aliphatic carboxylic acids is 1. The minimum atomic E-state index is -1.15. The summed E-state index contributed by atoms with van der Waals surface area (Å²) in [6, 6.07) is 37.7. The van der Waals surface area contributed by atoms with Gasteiger partial charge in [0.05, 0.1) is 6.54 Å². The van der Waals surface area contributed by atoms with E-state index in [-0.39, 0.29) is 6.54 Å². The third-order valence-corrected chi connectivity index (χ3v) is 5.72. The van der Waals surface area contributed by atoms with Crippen molar-refractivity contribution in [3.05, 3.63) is 143 Å². The first-order valence-electron chi connectivity index (χ1n) is 11.8. The van der Waals surface area contributed by atoms with E-state index in [1.165, 1.54) is 0 Å². The van der Waals surface area contributed by atoms with Gasteiger partial charge in [0.15, 0.2) is 0 Å². The molecule has 4 aromatic rings. The zero-order valence-electron chi connectivity index (χ0n) is 20.1. The summed E-state index contributed by atoms with van der Waals surface area (Å²) in [6.45, 7) is -0.807. The Kier molecular flexibility index (Phi) is 8.24. The second kappa shape index (κ2) is 12.1. The molecule has 37 heavy (non-hydrogen) atoms. The van der Waals surface area contributed by atoms with Crippen LogP contribution >= 0.6 is 0 Å². The van der Waals surface area contributed by atoms with Crippen molar-refractivity contribution in [1.29, 1.82) is 0 Å². The molecule has 0 spiro atoms. The first-order chi connectivity index (χ1) is 18.0. The van der Waals surface area contributed by atoms with Gasteiger partial charge in [-0.15, -0.1) is 0 Å². The molecule has 4 rings (SSSR count). The second-order valence-corrected chi connectivity index (χ2v) is 8.28. The maximum Gasteiger partial charge on any atom is 0.322 e. The highest BCUT2D eigenvalue weighted by Gasteiger charge is 2.17. The molecule has 0 aliphatic heterocycles. The van der Waals surface area contributed by atoms with Crippen molar-refractivity contribution in [2.24, 2.45) is 0 Å². The molecule has 3 N–H and O–H groups in total. The smallest absolute Gasteiger partial charge is 0.322 e. The number of nitrogens with one attached hydrogen (secondary N) is 2. The molecule has 0 aliphatic rings. The number of hydrogen-bond acceptors (Lipinski definition) is 3. The standard InChI is InChI=1S/C31H26N2O4/c34-27(32-21-28(35)36)20-33-31(37)26-18-16-25(17-19-26)30(24-14-8-3-9-15-24)29(22-10-4-1-5-11-22)23-12-6-2-7-13-23/h1-19H,20-21H2,(H,32,34)(H,33,37)(H,35,36). The van der Waals surface area contributed by atoms with Crippen molar-refractivity contribution in [3.8, 4) is 0 Å². The highest BCUT2D eigenvalue weighted by molar-refractivity contribution is 6.05. The number of carbonyl (C=O) groups is 3. The fraction of sp³-hybridized carbons (Fsp3) is 0.0645. The normalized spacial score (nSPS) is 10.3. The number of carboxylic acids is 1. The van der Waals surface area contributed by atoms with E-state index in [9.17, 15) is 14.4 Å². The zero-order valence-corrected chi connectivity index (χ0v) is 20.1. The van der Waals surface area contributed by atoms with Crippen LogP contribution in [0.3, 0.4) is 0 Å². The Morgan fingerprint density at radius 2 is 0.865 bits per heavy atom. The summed E-state index contributed by atoms with van der Waals surface area (Å²) in [5, 5.41) is 13.4. The van der Waals surface area contributed by atoms with Crippen LogP contribution in [0.5, 0.6) is 0 Å². The first kappa shape index (κ1) is 25.1. The lowest BCUT2D eigenvalue weighted by Crippen LogP contribution is -2.39. The molecule has 0 bridgehead atoms. The third kappa shape index (κ3) is 6.58. The highest BCUT2D eigenvalue weighted by Crippen LogP contribution is 2.36. The van der Waals surface area contributed by atoms with Crippen molar-refractivity contribution in [2.45, 2.75) is 0 Å². The lowest BCUT2D eigenvalue weighted by Gasteiger charge is -2.18. The molecule has 0 fully saturated rings. The van der Waals surface area contributed by atoms with E-state index in [1.54, 1.807) is 12.1 Å². The molecule has 6 heteroatoms. The summed E-state index contributed by atoms with van der Waals surface area (Å²) in [7, 11) is 0. The van der Waals surface area contributed by atoms with Crippen molar-refractivity contribution < 1.29 is 19.5 Å². The van der Waals surface area contributed by atoms with Crippen molar-refractivity contribution in [1.82, 2.24) is 10.6 Å². The predicted molar refractivity (Wildman–Crippen MR) is 144 cm³/mol. The van der Waals surface area contributed by atoms with Gasteiger partial charge in [0.25, 0.3) is 5.91 Å². The molecule has 0 heterocycles. The van der Waals surface area contributed by atoms with Gasteiger partial charge < -0.3 is 15.7 Å². The number of benzene rings is 4. The average molecular weight is 491 g/mol. The molecule has 4 aromatic carbocycles. The van der Waals surface area contributed by atoms with Crippen LogP contribution < -0.4 is 10.6 Å². The SMILES string of the molecule is O=C(O)CNC(=O)CNC(=O)c1ccc(C(=C(c2ccccc2)c2ccccc2)c2ccccc2)cc1. The fourth-order valence-electron chi connectivity index (χ4n) is 4.01. The van der Waals surface area contributed by atoms with Crippen molar-refractivity contribution in [3.63, 3.8) is 0 Å². The predicted octanol–water partition coefficient (Wildman–Crippen LogP) is 4.62. The number of rotatable bonds is 9. The van der Waals surface area contributed by atoms with Gasteiger partial charge in [-0.1, -0.05) is 103 Å². The summed E-state index contributed by atoms with van der Waals surface area (Å²) < 4.78 is 0. The van der Waals surface area contributed by atoms with Gasteiger partial charge in [-0.25, -0.2) is 0 Å². The summed E-state index contributed by atoms with van der Waals surface area (Å²) in [5.74, 6) is -2.14. The van der Waals surface area contributed by atoms with Gasteiger partial charge in [-0.2, -0.15) is 0 Å². The number of carbonyl (C=O) groups excluding carboxylic acids is 2. The minimum Gasteiger partial charge on any atom is -0.480 e. The van der Waals surface area contributed by atoms with Crippen LogP contribution in [0.15, 0.2) is 115 Å². The van der Waals surface area contributed by atoms with Crippen LogP contribution in [0.2, 0.25) is 0 Å². The Morgan fingerprint density at radius 1 is 0.486 bits per heavy atom. The van der Waals surface area contributed by atoms with E-state index in [4.69, 9.17) is 5.11 Å². The summed E-state index contributed by atoms with van der Waals surface area (Å²) in [5.41, 5.74) is 6.60. The van der Waals surface area contributed by atoms with Crippen LogP contribution in [0, 0.1) is 0 Å². The Morgan fingerprint density at radius 3 is 1.27 bits per heavy atom. The topological polar surface area (TPSA) is 95.5 Å². The summed E-state index contributed by atoms with van der Waals surface area (Å²) >= 11 is 0. The van der Waals surface area contributed by atoms with E-state index in [0.29, 0.717) is 5.56 Å². The molecule has 6 nitrogen and oxygen atoms in total. The van der Waals surface area contributed by atoms with Gasteiger partial charge in [0.1, 0.15) is 6.54 Å². The monoisotopic (exact) mass is 490 g/mol. The Bertz CT molecular complexity index is 1360. The number of amides is 2. The van der Waals surface area contributed by atoms with Gasteiger partial charge in [-0.3, -0.25) is 14.4 Å².